The van der Waals surface area contributed by atoms with Crippen molar-refractivity contribution in [3.63, 3.8) is 0 Å². The predicted octanol–water partition coefficient (Wildman–Crippen LogP) is 3.77. The van der Waals surface area contributed by atoms with E-state index in [0.717, 1.165) is 27.7 Å². The van der Waals surface area contributed by atoms with Gasteiger partial charge in [-0.2, -0.15) is 0 Å². The number of nitrogens with one attached hydrogen (secondary N) is 2. The van der Waals surface area contributed by atoms with E-state index in [-0.39, 0.29) is 5.82 Å². The van der Waals surface area contributed by atoms with E-state index in [1.165, 1.54) is 12.1 Å². The third-order valence-electron chi connectivity index (χ3n) is 3.77. The lowest BCUT2D eigenvalue weighted by Gasteiger charge is -2.06. The minimum Gasteiger partial charge on any atom is -0.350 e. The zero-order valence-electron chi connectivity index (χ0n) is 12.7. The summed E-state index contributed by atoms with van der Waals surface area (Å²) in [4.78, 5) is 16.0. The number of hydrogen-bond donors (Lipinski definition) is 2. The molecule has 0 saturated heterocycles. The lowest BCUT2D eigenvalue weighted by molar-refractivity contribution is 0.627. The molecule has 0 aliphatic rings. The Bertz CT molecular complexity index is 961. The van der Waals surface area contributed by atoms with Crippen molar-refractivity contribution in [2.24, 2.45) is 0 Å². The first-order valence-corrected chi connectivity index (χ1v) is 7.52. The van der Waals surface area contributed by atoms with Gasteiger partial charge in [0.15, 0.2) is 0 Å². The molecular formula is C18H14FN5. The number of anilines is 1. The Morgan fingerprint density at radius 3 is 2.50 bits per heavy atom. The first-order chi connectivity index (χ1) is 11.8. The van der Waals surface area contributed by atoms with Gasteiger partial charge >= 0.3 is 0 Å². The quantitative estimate of drug-likeness (QED) is 0.601. The van der Waals surface area contributed by atoms with Crippen LogP contribution in [0.25, 0.3) is 22.2 Å². The number of rotatable bonds is 4. The monoisotopic (exact) mass is 319 g/mol. The van der Waals surface area contributed by atoms with Crippen LogP contribution < -0.4 is 5.32 Å². The van der Waals surface area contributed by atoms with Crippen molar-refractivity contribution >= 4 is 17.0 Å². The van der Waals surface area contributed by atoms with Crippen LogP contribution in [-0.4, -0.2) is 19.9 Å². The molecular weight excluding hydrogens is 305 g/mol. The standard InChI is InChI=1S/C18H14FN5/c19-15-4-1-12(2-5-15)8-20-18-21-9-14(10-22-18)13-3-6-16-17(7-13)24-11-23-16/h1-7,9-11H,8H2,(H,23,24)(H,20,21,22). The Morgan fingerprint density at radius 1 is 0.917 bits per heavy atom. The Kier molecular flexibility index (Phi) is 3.63. The van der Waals surface area contributed by atoms with Crippen LogP contribution in [-0.2, 0) is 6.54 Å². The van der Waals surface area contributed by atoms with Gasteiger partial charge in [-0.1, -0.05) is 18.2 Å². The molecule has 0 aliphatic heterocycles. The Balaban J connectivity index is 1.48. The largest absolute Gasteiger partial charge is 0.350 e. The first kappa shape index (κ1) is 14.3. The van der Waals surface area contributed by atoms with Gasteiger partial charge < -0.3 is 10.3 Å². The summed E-state index contributed by atoms with van der Waals surface area (Å²) in [5.74, 6) is 0.291. The van der Waals surface area contributed by atoms with Crippen molar-refractivity contribution in [2.75, 3.05) is 5.32 Å². The van der Waals surface area contributed by atoms with Crippen LogP contribution in [0.2, 0.25) is 0 Å². The molecule has 2 aromatic carbocycles. The third kappa shape index (κ3) is 2.94. The van der Waals surface area contributed by atoms with Crippen LogP contribution in [0.15, 0.2) is 61.2 Å². The summed E-state index contributed by atoms with van der Waals surface area (Å²) in [6.07, 6.45) is 5.22. The summed E-state index contributed by atoms with van der Waals surface area (Å²) >= 11 is 0. The molecule has 2 aromatic heterocycles. The van der Waals surface area contributed by atoms with Crippen molar-refractivity contribution in [1.29, 1.82) is 0 Å². The van der Waals surface area contributed by atoms with E-state index in [4.69, 9.17) is 0 Å². The van der Waals surface area contributed by atoms with Crippen molar-refractivity contribution in [1.82, 2.24) is 19.9 Å². The summed E-state index contributed by atoms with van der Waals surface area (Å²) in [5, 5.41) is 3.12. The minimum absolute atomic E-state index is 0.242. The average molecular weight is 319 g/mol. The summed E-state index contributed by atoms with van der Waals surface area (Å²) in [6.45, 7) is 0.541. The molecule has 0 radical (unpaired) electrons. The van der Waals surface area contributed by atoms with Gasteiger partial charge in [-0.3, -0.25) is 0 Å². The number of hydrogen-bond acceptors (Lipinski definition) is 4. The fourth-order valence-corrected chi connectivity index (χ4v) is 2.47. The molecule has 4 aromatic rings. The lowest BCUT2D eigenvalue weighted by atomic mass is 10.1. The minimum atomic E-state index is -0.242. The zero-order valence-corrected chi connectivity index (χ0v) is 12.7. The molecule has 0 spiro atoms. The molecule has 0 amide bonds. The molecule has 0 atom stereocenters. The van der Waals surface area contributed by atoms with E-state index in [1.807, 2.05) is 18.2 Å². The van der Waals surface area contributed by atoms with E-state index < -0.39 is 0 Å². The Labute approximate surface area is 137 Å². The van der Waals surface area contributed by atoms with Crippen LogP contribution >= 0.6 is 0 Å². The van der Waals surface area contributed by atoms with Gasteiger partial charge in [0.05, 0.1) is 17.4 Å². The second-order valence-corrected chi connectivity index (χ2v) is 5.41. The van der Waals surface area contributed by atoms with Crippen LogP contribution in [0.4, 0.5) is 10.3 Å². The highest BCUT2D eigenvalue weighted by Crippen LogP contribution is 2.22. The summed E-state index contributed by atoms with van der Waals surface area (Å²) < 4.78 is 12.9. The number of aromatic nitrogens is 4. The maximum atomic E-state index is 12.9. The normalized spacial score (nSPS) is 10.9. The maximum Gasteiger partial charge on any atom is 0.222 e. The summed E-state index contributed by atoms with van der Waals surface area (Å²) in [7, 11) is 0. The highest BCUT2D eigenvalue weighted by molar-refractivity contribution is 5.81. The van der Waals surface area contributed by atoms with E-state index in [2.05, 4.69) is 25.3 Å². The van der Waals surface area contributed by atoms with Gasteiger partial charge in [0.25, 0.3) is 0 Å². The molecule has 0 unspecified atom stereocenters. The molecule has 6 heteroatoms. The maximum absolute atomic E-state index is 12.9. The highest BCUT2D eigenvalue weighted by atomic mass is 19.1. The fourth-order valence-electron chi connectivity index (χ4n) is 2.47. The number of aromatic amines is 1. The molecule has 0 aliphatic carbocycles. The van der Waals surface area contributed by atoms with Crippen LogP contribution in [0.1, 0.15) is 5.56 Å². The van der Waals surface area contributed by atoms with Gasteiger partial charge in [0, 0.05) is 24.5 Å². The summed E-state index contributed by atoms with van der Waals surface area (Å²) in [5.41, 5.74) is 4.83. The molecule has 24 heavy (non-hydrogen) atoms. The number of fused-ring (bicyclic) bond motifs is 1. The second-order valence-electron chi connectivity index (χ2n) is 5.41. The SMILES string of the molecule is Fc1ccc(CNc2ncc(-c3ccc4nc[nH]c4c3)cn2)cc1. The van der Waals surface area contributed by atoms with Crippen LogP contribution in [0.5, 0.6) is 0 Å². The second kappa shape index (κ2) is 6.08. The topological polar surface area (TPSA) is 66.5 Å². The van der Waals surface area contributed by atoms with E-state index in [1.54, 1.807) is 30.9 Å². The molecule has 0 fully saturated rings. The summed E-state index contributed by atoms with van der Waals surface area (Å²) in [6, 6.07) is 12.3. The van der Waals surface area contributed by atoms with Crippen LogP contribution in [0.3, 0.4) is 0 Å². The van der Waals surface area contributed by atoms with E-state index >= 15 is 0 Å². The number of imidazole rings is 1. The van der Waals surface area contributed by atoms with Crippen molar-refractivity contribution in [3.05, 3.63) is 72.6 Å². The van der Waals surface area contributed by atoms with Gasteiger partial charge in [-0.05, 0) is 35.4 Å². The molecule has 2 heterocycles. The Hall–Kier alpha value is -3.28. The van der Waals surface area contributed by atoms with Gasteiger partial charge in [-0.25, -0.2) is 19.3 Å². The lowest BCUT2D eigenvalue weighted by Crippen LogP contribution is -2.03. The van der Waals surface area contributed by atoms with E-state index in [9.17, 15) is 4.39 Å². The van der Waals surface area contributed by atoms with Gasteiger partial charge in [0.1, 0.15) is 5.82 Å². The number of halogens is 1. The molecule has 0 bridgehead atoms. The number of H-pyrrole nitrogens is 1. The number of benzene rings is 2. The zero-order chi connectivity index (χ0) is 16.4. The van der Waals surface area contributed by atoms with Crippen molar-refractivity contribution < 1.29 is 4.39 Å². The molecule has 4 rings (SSSR count). The highest BCUT2D eigenvalue weighted by Gasteiger charge is 2.03. The Morgan fingerprint density at radius 2 is 1.71 bits per heavy atom. The smallest absolute Gasteiger partial charge is 0.222 e. The third-order valence-corrected chi connectivity index (χ3v) is 3.77. The van der Waals surface area contributed by atoms with Crippen LogP contribution in [0, 0.1) is 5.82 Å². The first-order valence-electron chi connectivity index (χ1n) is 7.52. The average Bonchev–Trinajstić information content (AvgIpc) is 3.09. The van der Waals surface area contributed by atoms with Gasteiger partial charge in [0.2, 0.25) is 5.95 Å². The van der Waals surface area contributed by atoms with Crippen molar-refractivity contribution in [2.45, 2.75) is 6.54 Å². The van der Waals surface area contributed by atoms with Gasteiger partial charge in [-0.15, -0.1) is 0 Å². The fraction of sp³-hybridized carbons (Fsp3) is 0.0556. The predicted molar refractivity (Wildman–Crippen MR) is 90.8 cm³/mol. The molecule has 0 saturated carbocycles. The van der Waals surface area contributed by atoms with E-state index in [0.29, 0.717) is 12.5 Å². The molecule has 2 N–H and O–H groups in total. The van der Waals surface area contributed by atoms with Crippen molar-refractivity contribution in [3.8, 4) is 11.1 Å². The number of nitrogens with zero attached hydrogens (tertiary/aromatic N) is 3. The molecule has 118 valence electrons. The molecule has 5 nitrogen and oxygen atoms in total.